The normalized spacial score (nSPS) is 11.2. The minimum atomic E-state index is -1.82. The van der Waals surface area contributed by atoms with E-state index in [4.69, 9.17) is 34.0 Å². The molecule has 4 N–H and O–H groups in total. The zero-order valence-corrected chi connectivity index (χ0v) is 20.9. The molecule has 3 aromatic carbocycles. The van der Waals surface area contributed by atoms with Gasteiger partial charge in [-0.3, -0.25) is 0 Å². The average molecular weight is 512 g/mol. The van der Waals surface area contributed by atoms with E-state index in [-0.39, 0.29) is 12.7 Å². The fourth-order valence-electron chi connectivity index (χ4n) is 3.35. The van der Waals surface area contributed by atoms with Crippen molar-refractivity contribution in [3.63, 3.8) is 0 Å². The van der Waals surface area contributed by atoms with Crippen molar-refractivity contribution in [2.45, 2.75) is 18.6 Å². The molecular weight excluding hydrogens is 478 g/mol. The molecule has 9 heteroatoms. The maximum absolute atomic E-state index is 10.4. The Labute approximate surface area is 216 Å². The molecule has 0 bridgehead atoms. The highest BCUT2D eigenvalue weighted by Gasteiger charge is 2.17. The summed E-state index contributed by atoms with van der Waals surface area (Å²) in [6.07, 6.45) is 0.0277. The number of aliphatic carboxylic acids is 2. The number of carboxylic acids is 2. The molecule has 37 heavy (non-hydrogen) atoms. The summed E-state index contributed by atoms with van der Waals surface area (Å²) in [6.45, 7) is 1.51. The minimum Gasteiger partial charge on any atom is -0.497 e. The quantitative estimate of drug-likeness (QED) is 0.214. The van der Waals surface area contributed by atoms with Gasteiger partial charge in [0.05, 0.1) is 26.9 Å². The van der Waals surface area contributed by atoms with Crippen molar-refractivity contribution in [1.82, 2.24) is 5.32 Å². The van der Waals surface area contributed by atoms with Crippen molar-refractivity contribution < 1.29 is 39.1 Å². The topological polar surface area (TPSA) is 135 Å². The standard InChI is InChI=1S/C26H31NO4.C2H2O4/c1-29-24-12-8-21(9-13-24)26(22-10-14-25(30-2)15-11-22)31-19-23(28)18-27-17-16-20-6-4-3-5-7-20;3-1(4)2(5)6/h3-15,23,26-28H,16-19H2,1-2H3;(H,3,4)(H,5,6). The van der Waals surface area contributed by atoms with Crippen molar-refractivity contribution in [1.29, 1.82) is 0 Å². The molecule has 0 spiro atoms. The van der Waals surface area contributed by atoms with Crippen LogP contribution >= 0.6 is 0 Å². The number of aliphatic hydroxyl groups excluding tert-OH is 1. The van der Waals surface area contributed by atoms with E-state index >= 15 is 0 Å². The van der Waals surface area contributed by atoms with Crippen LogP contribution in [0, 0.1) is 0 Å². The Hall–Kier alpha value is -3.92. The van der Waals surface area contributed by atoms with Crippen LogP contribution in [-0.2, 0) is 20.7 Å². The van der Waals surface area contributed by atoms with Gasteiger partial charge in [0.1, 0.15) is 17.6 Å². The smallest absolute Gasteiger partial charge is 0.414 e. The molecule has 0 saturated heterocycles. The van der Waals surface area contributed by atoms with Gasteiger partial charge in [-0.15, -0.1) is 0 Å². The third-order valence-corrected chi connectivity index (χ3v) is 5.29. The summed E-state index contributed by atoms with van der Waals surface area (Å²) in [4.78, 5) is 18.2. The van der Waals surface area contributed by atoms with E-state index in [1.807, 2.05) is 66.7 Å². The van der Waals surface area contributed by atoms with E-state index in [1.54, 1.807) is 14.2 Å². The molecule has 9 nitrogen and oxygen atoms in total. The molecule has 1 atom stereocenters. The van der Waals surface area contributed by atoms with Crippen LogP contribution in [0.4, 0.5) is 0 Å². The first-order chi connectivity index (χ1) is 17.8. The largest absolute Gasteiger partial charge is 0.497 e. The van der Waals surface area contributed by atoms with Crippen molar-refractivity contribution >= 4 is 11.9 Å². The Morgan fingerprint density at radius 3 is 1.70 bits per heavy atom. The first-order valence-electron chi connectivity index (χ1n) is 11.6. The lowest BCUT2D eigenvalue weighted by atomic mass is 10.0. The molecule has 0 aromatic heterocycles. The van der Waals surface area contributed by atoms with Gasteiger partial charge in [0.25, 0.3) is 0 Å². The van der Waals surface area contributed by atoms with Crippen molar-refractivity contribution in [3.05, 3.63) is 95.6 Å². The van der Waals surface area contributed by atoms with Gasteiger partial charge in [-0.1, -0.05) is 54.6 Å². The van der Waals surface area contributed by atoms with Crippen LogP contribution in [0.5, 0.6) is 11.5 Å². The Kier molecular flexibility index (Phi) is 12.6. The van der Waals surface area contributed by atoms with Crippen LogP contribution < -0.4 is 14.8 Å². The third-order valence-electron chi connectivity index (χ3n) is 5.29. The third kappa shape index (κ3) is 10.7. The second-order valence-corrected chi connectivity index (χ2v) is 7.96. The highest BCUT2D eigenvalue weighted by Crippen LogP contribution is 2.29. The van der Waals surface area contributed by atoms with Crippen LogP contribution in [0.25, 0.3) is 0 Å². The van der Waals surface area contributed by atoms with Crippen molar-refractivity contribution in [3.8, 4) is 11.5 Å². The van der Waals surface area contributed by atoms with Crippen LogP contribution in [0.2, 0.25) is 0 Å². The van der Waals surface area contributed by atoms with Gasteiger partial charge in [0.15, 0.2) is 0 Å². The summed E-state index contributed by atoms with van der Waals surface area (Å²) >= 11 is 0. The Morgan fingerprint density at radius 2 is 1.27 bits per heavy atom. The SMILES string of the molecule is COc1ccc(C(OCC(O)CNCCc2ccccc2)c2ccc(OC)cc2)cc1.O=C(O)C(=O)O. The van der Waals surface area contributed by atoms with E-state index in [0.29, 0.717) is 6.54 Å². The summed E-state index contributed by atoms with van der Waals surface area (Å²) in [6, 6.07) is 25.9. The number of carboxylic acid groups (broad SMARTS) is 2. The molecular formula is C28H33NO8. The molecule has 0 aliphatic carbocycles. The summed E-state index contributed by atoms with van der Waals surface area (Å²) in [7, 11) is 3.29. The number of carbonyl (C=O) groups is 2. The van der Waals surface area contributed by atoms with Gasteiger partial charge >= 0.3 is 11.9 Å². The maximum atomic E-state index is 10.4. The van der Waals surface area contributed by atoms with E-state index < -0.39 is 18.0 Å². The zero-order chi connectivity index (χ0) is 27.0. The first-order valence-corrected chi connectivity index (χ1v) is 11.6. The monoisotopic (exact) mass is 511 g/mol. The number of rotatable bonds is 12. The average Bonchev–Trinajstić information content (AvgIpc) is 2.93. The Morgan fingerprint density at radius 1 is 0.784 bits per heavy atom. The summed E-state index contributed by atoms with van der Waals surface area (Å²) in [5, 5.41) is 28.5. The summed E-state index contributed by atoms with van der Waals surface area (Å²) in [5.74, 6) is -2.07. The Bertz CT molecular complexity index is 1010. The van der Waals surface area contributed by atoms with Crippen LogP contribution in [-0.4, -0.2) is 67.3 Å². The fraction of sp³-hybridized carbons (Fsp3) is 0.286. The molecule has 0 amide bonds. The summed E-state index contributed by atoms with van der Waals surface area (Å²) in [5.41, 5.74) is 3.27. The second kappa shape index (κ2) is 15.9. The van der Waals surface area contributed by atoms with Gasteiger partial charge in [-0.05, 0) is 53.9 Å². The van der Waals surface area contributed by atoms with E-state index in [1.165, 1.54) is 5.56 Å². The number of hydrogen-bond acceptors (Lipinski definition) is 7. The number of nitrogens with one attached hydrogen (secondary N) is 1. The van der Waals surface area contributed by atoms with Crippen molar-refractivity contribution in [2.24, 2.45) is 0 Å². The fourth-order valence-corrected chi connectivity index (χ4v) is 3.35. The number of aliphatic hydroxyl groups is 1. The van der Waals surface area contributed by atoms with Gasteiger partial charge in [0, 0.05) is 6.54 Å². The molecule has 3 aromatic rings. The van der Waals surface area contributed by atoms with Crippen molar-refractivity contribution in [2.75, 3.05) is 33.9 Å². The molecule has 0 aliphatic heterocycles. The number of methoxy groups -OCH3 is 2. The van der Waals surface area contributed by atoms with Gasteiger partial charge in [-0.25, -0.2) is 9.59 Å². The van der Waals surface area contributed by atoms with Crippen LogP contribution in [0.15, 0.2) is 78.9 Å². The molecule has 1 unspecified atom stereocenters. The number of hydrogen-bond donors (Lipinski definition) is 4. The maximum Gasteiger partial charge on any atom is 0.414 e. The molecule has 0 fully saturated rings. The van der Waals surface area contributed by atoms with E-state index in [0.717, 1.165) is 35.6 Å². The lowest BCUT2D eigenvalue weighted by Gasteiger charge is -2.22. The van der Waals surface area contributed by atoms with E-state index in [9.17, 15) is 5.11 Å². The minimum absolute atomic E-state index is 0.223. The highest BCUT2D eigenvalue weighted by molar-refractivity contribution is 6.27. The molecule has 0 saturated carbocycles. The van der Waals surface area contributed by atoms with Gasteiger partial charge in [-0.2, -0.15) is 0 Å². The van der Waals surface area contributed by atoms with Crippen LogP contribution in [0.3, 0.4) is 0 Å². The lowest BCUT2D eigenvalue weighted by Crippen LogP contribution is -2.32. The molecule has 0 heterocycles. The predicted octanol–water partition coefficient (Wildman–Crippen LogP) is 3.16. The molecule has 0 radical (unpaired) electrons. The molecule has 0 aliphatic rings. The zero-order valence-electron chi connectivity index (χ0n) is 20.9. The second-order valence-electron chi connectivity index (χ2n) is 7.96. The first kappa shape index (κ1) is 29.3. The summed E-state index contributed by atoms with van der Waals surface area (Å²) < 4.78 is 16.7. The number of ether oxygens (including phenoxy) is 3. The lowest BCUT2D eigenvalue weighted by molar-refractivity contribution is -0.159. The molecule has 3 rings (SSSR count). The highest BCUT2D eigenvalue weighted by atomic mass is 16.5. The Balaban J connectivity index is 0.000000717. The van der Waals surface area contributed by atoms with Crippen LogP contribution in [0.1, 0.15) is 22.8 Å². The van der Waals surface area contributed by atoms with Gasteiger partial charge < -0.3 is 34.8 Å². The molecule has 198 valence electrons. The number of benzene rings is 3. The van der Waals surface area contributed by atoms with Gasteiger partial charge in [0.2, 0.25) is 0 Å². The van der Waals surface area contributed by atoms with E-state index in [2.05, 4.69) is 17.4 Å². The predicted molar refractivity (Wildman–Crippen MR) is 138 cm³/mol.